The molecule has 4 fully saturated rings. The summed E-state index contributed by atoms with van der Waals surface area (Å²) in [6.07, 6.45) is 18.3. The molecule has 162 valence electrons. The predicted molar refractivity (Wildman–Crippen MR) is 122 cm³/mol. The van der Waals surface area contributed by atoms with Crippen molar-refractivity contribution in [3.05, 3.63) is 0 Å². The van der Waals surface area contributed by atoms with Crippen LogP contribution < -0.4 is 0 Å². The first-order valence-corrected chi connectivity index (χ1v) is 13.3. The van der Waals surface area contributed by atoms with Crippen LogP contribution in [0.3, 0.4) is 0 Å². The van der Waals surface area contributed by atoms with Crippen molar-refractivity contribution in [2.24, 2.45) is 58.2 Å². The molecule has 4 aliphatic rings. The van der Waals surface area contributed by atoms with Gasteiger partial charge in [0.2, 0.25) is 0 Å². The average Bonchev–Trinajstić information content (AvgIpc) is 2.99. The molecule has 9 atom stereocenters. The van der Waals surface area contributed by atoms with Gasteiger partial charge < -0.3 is 0 Å². The molecule has 4 rings (SSSR count). The van der Waals surface area contributed by atoms with Gasteiger partial charge in [0.1, 0.15) is 0 Å². The molecule has 0 N–H and O–H groups in total. The summed E-state index contributed by atoms with van der Waals surface area (Å²) < 4.78 is 0. The van der Waals surface area contributed by atoms with Gasteiger partial charge in [-0.05, 0) is 110 Å². The fourth-order valence-corrected chi connectivity index (χ4v) is 9.50. The van der Waals surface area contributed by atoms with E-state index in [1.54, 1.807) is 44.9 Å². The molecule has 0 saturated heterocycles. The Morgan fingerprint density at radius 3 is 2.25 bits per heavy atom. The number of hydrogen-bond acceptors (Lipinski definition) is 0. The lowest BCUT2D eigenvalue weighted by atomic mass is 9.44. The minimum atomic E-state index is 0.670. The maximum atomic E-state index is 2.75. The Balaban J connectivity index is 1.46. The van der Waals surface area contributed by atoms with Crippen LogP contribution in [0.5, 0.6) is 0 Å². The Morgan fingerprint density at radius 2 is 1.50 bits per heavy atom. The summed E-state index contributed by atoms with van der Waals surface area (Å²) >= 11 is 0. The van der Waals surface area contributed by atoms with Crippen LogP contribution >= 0.6 is 0 Å². The molecule has 5 unspecified atom stereocenters. The zero-order valence-corrected chi connectivity index (χ0v) is 20.1. The second-order valence-corrected chi connectivity index (χ2v) is 13.1. The summed E-state index contributed by atoms with van der Waals surface area (Å²) in [6, 6.07) is 0. The molecule has 0 aromatic carbocycles. The first kappa shape index (κ1) is 21.2. The van der Waals surface area contributed by atoms with Crippen molar-refractivity contribution in [2.45, 2.75) is 119 Å². The van der Waals surface area contributed by atoms with Crippen molar-refractivity contribution in [3.8, 4) is 0 Å². The second kappa shape index (κ2) is 7.92. The predicted octanol–water partition coefficient (Wildman–Crippen LogP) is 8.74. The van der Waals surface area contributed by atoms with Crippen molar-refractivity contribution < 1.29 is 0 Å². The van der Waals surface area contributed by atoms with Crippen LogP contribution in [0.4, 0.5) is 0 Å². The largest absolute Gasteiger partial charge is 0.0628 e. The molecule has 0 spiro atoms. The zero-order chi connectivity index (χ0) is 20.1. The first-order valence-electron chi connectivity index (χ1n) is 13.3. The van der Waals surface area contributed by atoms with Crippen LogP contribution in [0.2, 0.25) is 0 Å². The van der Waals surface area contributed by atoms with Crippen LogP contribution in [-0.2, 0) is 0 Å². The molecule has 0 radical (unpaired) electrons. The van der Waals surface area contributed by atoms with Gasteiger partial charge in [-0.2, -0.15) is 0 Å². The third-order valence-corrected chi connectivity index (χ3v) is 11.1. The van der Waals surface area contributed by atoms with E-state index in [9.17, 15) is 0 Å². The van der Waals surface area contributed by atoms with Crippen LogP contribution in [0.15, 0.2) is 0 Å². The highest BCUT2D eigenvalue weighted by Gasteiger charge is 2.60. The van der Waals surface area contributed by atoms with Gasteiger partial charge in [-0.3, -0.25) is 0 Å². The Bertz CT molecular complexity index is 534. The Hall–Kier alpha value is 0. The van der Waals surface area contributed by atoms with E-state index in [2.05, 4.69) is 41.5 Å². The molecule has 4 saturated carbocycles. The molecule has 0 amide bonds. The number of fused-ring (bicyclic) bond motifs is 5. The van der Waals surface area contributed by atoms with Crippen molar-refractivity contribution >= 4 is 0 Å². The van der Waals surface area contributed by atoms with Crippen molar-refractivity contribution in [3.63, 3.8) is 0 Å². The van der Waals surface area contributed by atoms with E-state index in [4.69, 9.17) is 0 Å². The van der Waals surface area contributed by atoms with Gasteiger partial charge >= 0.3 is 0 Å². The van der Waals surface area contributed by atoms with Crippen molar-refractivity contribution in [1.82, 2.24) is 0 Å². The molecule has 0 aromatic heterocycles. The van der Waals surface area contributed by atoms with E-state index in [-0.39, 0.29) is 0 Å². The summed E-state index contributed by atoms with van der Waals surface area (Å²) in [5.74, 6) is 8.08. The van der Waals surface area contributed by atoms with Crippen molar-refractivity contribution in [2.75, 3.05) is 0 Å². The number of rotatable bonds is 5. The molecule has 0 aliphatic heterocycles. The van der Waals surface area contributed by atoms with Gasteiger partial charge in [0.25, 0.3) is 0 Å². The van der Waals surface area contributed by atoms with Gasteiger partial charge in [0.05, 0.1) is 0 Å². The minimum Gasteiger partial charge on any atom is -0.0628 e. The highest BCUT2D eigenvalue weighted by molar-refractivity contribution is 5.09. The quantitative estimate of drug-likeness (QED) is 0.443. The summed E-state index contributed by atoms with van der Waals surface area (Å²) in [6.45, 7) is 15.4. The Labute approximate surface area is 177 Å². The minimum absolute atomic E-state index is 0.670. The molecular weight excluding hydrogens is 336 g/mol. The molecule has 0 heteroatoms. The highest BCUT2D eigenvalue weighted by atomic mass is 14.6. The van der Waals surface area contributed by atoms with Crippen LogP contribution in [-0.4, -0.2) is 0 Å². The lowest BCUT2D eigenvalue weighted by Gasteiger charge is -2.61. The van der Waals surface area contributed by atoms with Crippen LogP contribution in [0.25, 0.3) is 0 Å². The zero-order valence-electron chi connectivity index (χ0n) is 20.1. The molecule has 0 heterocycles. The van der Waals surface area contributed by atoms with Gasteiger partial charge in [-0.15, -0.1) is 0 Å². The van der Waals surface area contributed by atoms with Gasteiger partial charge in [-0.1, -0.05) is 67.2 Å². The SMILES string of the molecule is CC(C)CCC[C@@H](C)[C@H]1CCC2C3CCC4C[C@@H](C)CC[C@]4(C)C3CCC21C. The van der Waals surface area contributed by atoms with Gasteiger partial charge in [0, 0.05) is 0 Å². The second-order valence-electron chi connectivity index (χ2n) is 13.1. The fraction of sp³-hybridized carbons (Fsp3) is 1.00. The molecular formula is C28H50. The van der Waals surface area contributed by atoms with E-state index in [1.807, 2.05) is 0 Å². The van der Waals surface area contributed by atoms with E-state index in [0.717, 1.165) is 47.3 Å². The summed E-state index contributed by atoms with van der Waals surface area (Å²) in [7, 11) is 0. The van der Waals surface area contributed by atoms with E-state index in [1.165, 1.54) is 32.1 Å². The Kier molecular flexibility index (Phi) is 6.01. The first-order chi connectivity index (χ1) is 13.3. The monoisotopic (exact) mass is 386 g/mol. The molecule has 28 heavy (non-hydrogen) atoms. The fourth-order valence-electron chi connectivity index (χ4n) is 9.50. The third-order valence-electron chi connectivity index (χ3n) is 11.1. The molecule has 4 aliphatic carbocycles. The molecule has 0 nitrogen and oxygen atoms in total. The van der Waals surface area contributed by atoms with E-state index < -0.39 is 0 Å². The van der Waals surface area contributed by atoms with Crippen molar-refractivity contribution in [1.29, 1.82) is 0 Å². The van der Waals surface area contributed by atoms with Gasteiger partial charge in [0.15, 0.2) is 0 Å². The maximum Gasteiger partial charge on any atom is -0.0264 e. The van der Waals surface area contributed by atoms with Crippen LogP contribution in [0.1, 0.15) is 119 Å². The van der Waals surface area contributed by atoms with E-state index >= 15 is 0 Å². The summed E-state index contributed by atoms with van der Waals surface area (Å²) in [5.41, 5.74) is 1.36. The summed E-state index contributed by atoms with van der Waals surface area (Å²) in [5, 5.41) is 0. The molecule has 0 bridgehead atoms. The molecule has 0 aromatic rings. The van der Waals surface area contributed by atoms with Crippen LogP contribution in [0, 0.1) is 58.2 Å². The third kappa shape index (κ3) is 3.51. The van der Waals surface area contributed by atoms with Gasteiger partial charge in [-0.25, -0.2) is 0 Å². The summed E-state index contributed by atoms with van der Waals surface area (Å²) in [4.78, 5) is 0. The lowest BCUT2D eigenvalue weighted by Crippen LogP contribution is -2.53. The standard InChI is InChI=1S/C28H50/c1-19(2)8-7-9-21(4)24-12-13-25-23-11-10-22-18-20(3)14-16-27(22,5)26(23)15-17-28(24,25)6/h19-26H,7-18H2,1-6H3/t20-,21+,22?,23?,24+,25?,26?,27-,28?/m0/s1. The topological polar surface area (TPSA) is 0 Å². The Morgan fingerprint density at radius 1 is 0.786 bits per heavy atom. The smallest absolute Gasteiger partial charge is 0.0264 e. The normalized spacial score (nSPS) is 49.4. The average molecular weight is 387 g/mol. The van der Waals surface area contributed by atoms with E-state index in [0.29, 0.717) is 10.8 Å². The highest BCUT2D eigenvalue weighted by Crippen LogP contribution is 2.68. The maximum absolute atomic E-state index is 2.75. The lowest BCUT2D eigenvalue weighted by molar-refractivity contribution is -0.120. The number of hydrogen-bond donors (Lipinski definition) is 0.